The number of nitrogen functional groups attached to an aromatic ring is 1. The summed E-state index contributed by atoms with van der Waals surface area (Å²) in [5.41, 5.74) is 7.76. The summed E-state index contributed by atoms with van der Waals surface area (Å²) in [5, 5.41) is 0. The summed E-state index contributed by atoms with van der Waals surface area (Å²) in [5.74, 6) is 1.15. The molecule has 2 aromatic heterocycles. The van der Waals surface area contributed by atoms with Gasteiger partial charge < -0.3 is 20.2 Å². The van der Waals surface area contributed by atoms with Gasteiger partial charge in [-0.1, -0.05) is 11.8 Å². The zero-order valence-corrected chi connectivity index (χ0v) is 12.1. The largest absolute Gasteiger partial charge is 0.482 e. The molecular formula is C12H16N4O2S. The molecule has 0 amide bonds. The first kappa shape index (κ1) is 13.5. The minimum Gasteiger partial charge on any atom is -0.482 e. The van der Waals surface area contributed by atoms with Gasteiger partial charge in [0.25, 0.3) is 0 Å². The molecule has 6 nitrogen and oxygen atoms in total. The number of nitrogens with one attached hydrogen (secondary N) is 1. The van der Waals surface area contributed by atoms with Crippen molar-refractivity contribution in [3.8, 4) is 11.9 Å². The first-order valence-corrected chi connectivity index (χ1v) is 6.46. The molecule has 0 spiro atoms. The molecule has 0 aliphatic rings. The van der Waals surface area contributed by atoms with Gasteiger partial charge in [0, 0.05) is 16.7 Å². The van der Waals surface area contributed by atoms with E-state index >= 15 is 0 Å². The molecule has 0 aliphatic heterocycles. The second kappa shape index (κ2) is 5.40. The number of anilines is 1. The summed E-state index contributed by atoms with van der Waals surface area (Å²) in [7, 11) is 3.14. The second-order valence-electron chi connectivity index (χ2n) is 3.92. The van der Waals surface area contributed by atoms with Crippen molar-refractivity contribution in [1.82, 2.24) is 15.0 Å². The van der Waals surface area contributed by atoms with Crippen LogP contribution < -0.4 is 15.2 Å². The van der Waals surface area contributed by atoms with Crippen LogP contribution >= 0.6 is 11.8 Å². The van der Waals surface area contributed by atoms with Crippen molar-refractivity contribution < 1.29 is 9.47 Å². The van der Waals surface area contributed by atoms with Gasteiger partial charge in [0.2, 0.25) is 0 Å². The molecule has 2 aromatic rings. The fraction of sp³-hybridized carbons (Fsp3) is 0.333. The van der Waals surface area contributed by atoms with E-state index in [0.717, 1.165) is 26.9 Å². The lowest BCUT2D eigenvalue weighted by molar-refractivity contribution is 0.378. The molecule has 0 aliphatic carbocycles. The third-order valence-electron chi connectivity index (χ3n) is 2.68. The van der Waals surface area contributed by atoms with Crippen molar-refractivity contribution in [3.05, 3.63) is 17.5 Å². The maximum Gasteiger partial charge on any atom is 0.318 e. The lowest BCUT2D eigenvalue weighted by Gasteiger charge is -2.09. The van der Waals surface area contributed by atoms with Gasteiger partial charge in [-0.2, -0.15) is 9.97 Å². The average molecular weight is 280 g/mol. The van der Waals surface area contributed by atoms with E-state index in [9.17, 15) is 0 Å². The Morgan fingerprint density at radius 2 is 1.95 bits per heavy atom. The number of nitrogens with zero attached hydrogens (tertiary/aromatic N) is 2. The maximum atomic E-state index is 5.94. The summed E-state index contributed by atoms with van der Waals surface area (Å²) in [4.78, 5) is 13.2. The van der Waals surface area contributed by atoms with E-state index in [-0.39, 0.29) is 6.01 Å². The molecule has 0 unspecified atom stereocenters. The van der Waals surface area contributed by atoms with Crippen LogP contribution in [0.2, 0.25) is 0 Å². The SMILES string of the molecule is COc1nc(C)c(Sc2c[nH]c(OC)c2C)c(N)n1. The van der Waals surface area contributed by atoms with Gasteiger partial charge in [0.05, 0.1) is 24.8 Å². The minimum atomic E-state index is 0.280. The van der Waals surface area contributed by atoms with E-state index in [2.05, 4.69) is 15.0 Å². The number of rotatable bonds is 4. The molecule has 3 N–H and O–H groups in total. The number of methoxy groups -OCH3 is 2. The van der Waals surface area contributed by atoms with Gasteiger partial charge in [0.15, 0.2) is 5.88 Å². The van der Waals surface area contributed by atoms with Crippen LogP contribution in [0.25, 0.3) is 0 Å². The molecule has 0 atom stereocenters. The van der Waals surface area contributed by atoms with Gasteiger partial charge in [-0.25, -0.2) is 0 Å². The van der Waals surface area contributed by atoms with Crippen molar-refractivity contribution in [2.24, 2.45) is 0 Å². The Morgan fingerprint density at radius 1 is 1.21 bits per heavy atom. The quantitative estimate of drug-likeness (QED) is 0.892. The molecular weight excluding hydrogens is 264 g/mol. The van der Waals surface area contributed by atoms with Crippen molar-refractivity contribution in [3.63, 3.8) is 0 Å². The second-order valence-corrected chi connectivity index (χ2v) is 4.98. The van der Waals surface area contributed by atoms with Crippen molar-refractivity contribution in [1.29, 1.82) is 0 Å². The lowest BCUT2D eigenvalue weighted by Crippen LogP contribution is -2.02. The minimum absolute atomic E-state index is 0.280. The summed E-state index contributed by atoms with van der Waals surface area (Å²) in [6.07, 6.45) is 1.88. The summed E-state index contributed by atoms with van der Waals surface area (Å²) < 4.78 is 10.2. The van der Waals surface area contributed by atoms with Crippen LogP contribution in [0, 0.1) is 13.8 Å². The van der Waals surface area contributed by atoms with Crippen LogP contribution in [0.4, 0.5) is 5.82 Å². The van der Waals surface area contributed by atoms with E-state index in [1.165, 1.54) is 18.9 Å². The van der Waals surface area contributed by atoms with E-state index in [4.69, 9.17) is 15.2 Å². The molecule has 0 saturated carbocycles. The topological polar surface area (TPSA) is 86.0 Å². The van der Waals surface area contributed by atoms with E-state index in [1.54, 1.807) is 7.11 Å². The lowest BCUT2D eigenvalue weighted by atomic mass is 10.4. The Bertz CT molecular complexity index is 574. The maximum absolute atomic E-state index is 5.94. The third-order valence-corrected chi connectivity index (χ3v) is 4.04. The van der Waals surface area contributed by atoms with Crippen LogP contribution in [0.1, 0.15) is 11.3 Å². The molecule has 0 aromatic carbocycles. The van der Waals surface area contributed by atoms with Gasteiger partial charge in [-0.3, -0.25) is 0 Å². The van der Waals surface area contributed by atoms with Crippen molar-refractivity contribution >= 4 is 17.6 Å². The number of hydrogen-bond donors (Lipinski definition) is 2. The zero-order valence-electron chi connectivity index (χ0n) is 11.3. The van der Waals surface area contributed by atoms with Gasteiger partial charge in [0.1, 0.15) is 5.82 Å². The van der Waals surface area contributed by atoms with Gasteiger partial charge in [-0.05, 0) is 13.8 Å². The van der Waals surface area contributed by atoms with Crippen molar-refractivity contribution in [2.45, 2.75) is 23.6 Å². The standard InChI is InChI=1S/C12H16N4O2S/c1-6-8(5-14-11(6)17-3)19-9-7(2)15-12(18-4)16-10(9)13/h5,14H,1-4H3,(H2,13,15,16). The first-order chi connectivity index (χ1) is 9.06. The van der Waals surface area contributed by atoms with E-state index in [1.807, 2.05) is 20.0 Å². The highest BCUT2D eigenvalue weighted by molar-refractivity contribution is 7.99. The molecule has 2 rings (SSSR count). The van der Waals surface area contributed by atoms with Crippen LogP contribution in [-0.2, 0) is 0 Å². The molecule has 0 saturated heterocycles. The van der Waals surface area contributed by atoms with Gasteiger partial charge >= 0.3 is 6.01 Å². The number of hydrogen-bond acceptors (Lipinski definition) is 6. The molecule has 2 heterocycles. The summed E-state index contributed by atoms with van der Waals surface area (Å²) in [6.45, 7) is 3.86. The summed E-state index contributed by atoms with van der Waals surface area (Å²) in [6, 6.07) is 0.280. The number of aromatic nitrogens is 3. The van der Waals surface area contributed by atoms with Crippen LogP contribution in [0.3, 0.4) is 0 Å². The third kappa shape index (κ3) is 2.60. The monoisotopic (exact) mass is 280 g/mol. The molecule has 19 heavy (non-hydrogen) atoms. The number of nitrogens with two attached hydrogens (primary N) is 1. The Kier molecular flexibility index (Phi) is 3.84. The van der Waals surface area contributed by atoms with Crippen molar-refractivity contribution in [2.75, 3.05) is 20.0 Å². The fourth-order valence-corrected chi connectivity index (χ4v) is 2.59. The normalized spacial score (nSPS) is 10.5. The van der Waals surface area contributed by atoms with Crippen LogP contribution in [0.5, 0.6) is 11.9 Å². The Hall–Kier alpha value is -1.89. The number of aromatic amines is 1. The Balaban J connectivity index is 2.35. The average Bonchev–Trinajstić information content (AvgIpc) is 2.74. The van der Waals surface area contributed by atoms with Gasteiger partial charge in [-0.15, -0.1) is 0 Å². The Morgan fingerprint density at radius 3 is 2.47 bits per heavy atom. The van der Waals surface area contributed by atoms with Crippen LogP contribution in [-0.4, -0.2) is 29.2 Å². The first-order valence-electron chi connectivity index (χ1n) is 5.64. The highest BCUT2D eigenvalue weighted by Gasteiger charge is 2.15. The Labute approximate surface area is 115 Å². The predicted molar refractivity (Wildman–Crippen MR) is 73.9 cm³/mol. The van der Waals surface area contributed by atoms with Crippen LogP contribution in [0.15, 0.2) is 16.0 Å². The molecule has 102 valence electrons. The molecule has 0 radical (unpaired) electrons. The highest BCUT2D eigenvalue weighted by Crippen LogP contribution is 2.38. The highest BCUT2D eigenvalue weighted by atomic mass is 32.2. The van der Waals surface area contributed by atoms with E-state index in [0.29, 0.717) is 5.82 Å². The number of H-pyrrole nitrogens is 1. The summed E-state index contributed by atoms with van der Waals surface area (Å²) >= 11 is 1.51. The molecule has 0 bridgehead atoms. The smallest absolute Gasteiger partial charge is 0.318 e. The zero-order chi connectivity index (χ0) is 14.0. The predicted octanol–water partition coefficient (Wildman–Crippen LogP) is 2.17. The van der Waals surface area contributed by atoms with E-state index < -0.39 is 0 Å². The number of ether oxygens (including phenoxy) is 2. The molecule has 7 heteroatoms. The number of aryl methyl sites for hydroxylation is 1. The molecule has 0 fully saturated rings. The fourth-order valence-electron chi connectivity index (χ4n) is 1.66.